The van der Waals surface area contributed by atoms with E-state index in [1.807, 2.05) is 42.5 Å². The van der Waals surface area contributed by atoms with Gasteiger partial charge in [-0.1, -0.05) is 46.0 Å². The number of oxime groups is 1. The van der Waals surface area contributed by atoms with Crippen molar-refractivity contribution in [3.8, 4) is 11.5 Å². The second-order valence-electron chi connectivity index (χ2n) is 6.73. The van der Waals surface area contributed by atoms with E-state index in [4.69, 9.17) is 44.4 Å². The molecule has 1 aromatic heterocycles. The molecule has 0 atom stereocenters. The van der Waals surface area contributed by atoms with E-state index in [2.05, 4.69) is 15.2 Å². The van der Waals surface area contributed by atoms with Crippen LogP contribution < -0.4 is 4.74 Å². The molecule has 4 aromatic rings. The van der Waals surface area contributed by atoms with Gasteiger partial charge in [0.05, 0.1) is 16.6 Å². The van der Waals surface area contributed by atoms with E-state index in [1.54, 1.807) is 35.3 Å². The topological polar surface area (TPSA) is 61.5 Å². The van der Waals surface area contributed by atoms with Crippen molar-refractivity contribution in [2.75, 3.05) is 0 Å². The van der Waals surface area contributed by atoms with E-state index < -0.39 is 0 Å². The number of halogens is 3. The van der Waals surface area contributed by atoms with E-state index >= 15 is 0 Å². The van der Waals surface area contributed by atoms with Crippen molar-refractivity contribution in [1.82, 2.24) is 14.8 Å². The molecule has 32 heavy (non-hydrogen) atoms. The SMILES string of the molecule is Clc1ccc(Oc2ccc(/C(Cn3cncn3)=N\OCc3ccc(Cl)c(Cl)c3)cc2)cc1. The molecule has 0 bridgehead atoms. The lowest BCUT2D eigenvalue weighted by Gasteiger charge is -2.10. The van der Waals surface area contributed by atoms with E-state index in [0.29, 0.717) is 38.8 Å². The van der Waals surface area contributed by atoms with Gasteiger partial charge in [0.25, 0.3) is 0 Å². The van der Waals surface area contributed by atoms with Gasteiger partial charge in [-0.2, -0.15) is 5.10 Å². The van der Waals surface area contributed by atoms with E-state index in [9.17, 15) is 0 Å². The monoisotopic (exact) mass is 486 g/mol. The van der Waals surface area contributed by atoms with Gasteiger partial charge in [0, 0.05) is 10.6 Å². The number of hydrogen-bond acceptors (Lipinski definition) is 5. The van der Waals surface area contributed by atoms with Gasteiger partial charge in [0.15, 0.2) is 0 Å². The molecule has 6 nitrogen and oxygen atoms in total. The maximum atomic E-state index is 6.07. The van der Waals surface area contributed by atoms with Gasteiger partial charge >= 0.3 is 0 Å². The molecule has 9 heteroatoms. The molecule has 3 aromatic carbocycles. The molecule has 0 aliphatic rings. The standard InChI is InChI=1S/C23H17Cl3N4O2/c24-18-4-8-20(9-5-18)32-19-6-2-17(3-7-19)23(12-30-15-27-14-28-30)29-31-13-16-1-10-21(25)22(26)11-16/h1-11,14-15H,12-13H2/b29-23-. The molecule has 0 amide bonds. The van der Waals surface area contributed by atoms with E-state index in [0.717, 1.165) is 11.1 Å². The summed E-state index contributed by atoms with van der Waals surface area (Å²) < 4.78 is 7.52. The highest BCUT2D eigenvalue weighted by atomic mass is 35.5. The Morgan fingerprint density at radius 1 is 0.875 bits per heavy atom. The first kappa shape index (κ1) is 22.1. The minimum Gasteiger partial charge on any atom is -0.457 e. The maximum Gasteiger partial charge on any atom is 0.142 e. The third-order valence-electron chi connectivity index (χ3n) is 4.41. The molecule has 1 heterocycles. The summed E-state index contributed by atoms with van der Waals surface area (Å²) in [6.45, 7) is 0.633. The Kier molecular flexibility index (Phi) is 7.27. The number of hydrogen-bond donors (Lipinski definition) is 0. The van der Waals surface area contributed by atoms with Gasteiger partial charge in [-0.05, 0) is 66.2 Å². The summed E-state index contributed by atoms with van der Waals surface area (Å²) in [6, 6.07) is 20.0. The van der Waals surface area contributed by atoms with Crippen LogP contribution in [0.2, 0.25) is 15.1 Å². The third-order valence-corrected chi connectivity index (χ3v) is 5.40. The van der Waals surface area contributed by atoms with Crippen LogP contribution in [0.1, 0.15) is 11.1 Å². The lowest BCUT2D eigenvalue weighted by atomic mass is 10.1. The van der Waals surface area contributed by atoms with Gasteiger partial charge in [-0.3, -0.25) is 0 Å². The lowest BCUT2D eigenvalue weighted by Crippen LogP contribution is -2.13. The van der Waals surface area contributed by atoms with Crippen molar-refractivity contribution in [3.63, 3.8) is 0 Å². The summed E-state index contributed by atoms with van der Waals surface area (Å²) in [7, 11) is 0. The average molecular weight is 488 g/mol. The Hall–Kier alpha value is -3.06. The number of aromatic nitrogens is 3. The van der Waals surface area contributed by atoms with Crippen molar-refractivity contribution < 1.29 is 9.57 Å². The van der Waals surface area contributed by atoms with Crippen molar-refractivity contribution in [2.24, 2.45) is 5.16 Å². The molecule has 4 rings (SSSR count). The zero-order valence-electron chi connectivity index (χ0n) is 16.7. The molecule has 0 fully saturated rings. The third kappa shape index (κ3) is 6.01. The van der Waals surface area contributed by atoms with Crippen LogP contribution in [0.15, 0.2) is 84.5 Å². The van der Waals surface area contributed by atoms with Crippen molar-refractivity contribution >= 4 is 40.5 Å². The fraction of sp³-hybridized carbons (Fsp3) is 0.0870. The first-order valence-electron chi connectivity index (χ1n) is 9.56. The minimum atomic E-state index is 0.246. The highest BCUT2D eigenvalue weighted by Gasteiger charge is 2.09. The fourth-order valence-corrected chi connectivity index (χ4v) is 3.26. The molecule has 0 radical (unpaired) electrons. The van der Waals surface area contributed by atoms with Crippen LogP contribution in [0.4, 0.5) is 0 Å². The van der Waals surface area contributed by atoms with Crippen LogP contribution in [0, 0.1) is 0 Å². The van der Waals surface area contributed by atoms with Crippen molar-refractivity contribution in [1.29, 1.82) is 0 Å². The van der Waals surface area contributed by atoms with Crippen LogP contribution in [-0.4, -0.2) is 20.5 Å². The van der Waals surface area contributed by atoms with Crippen LogP contribution in [-0.2, 0) is 18.0 Å². The Bertz CT molecular complexity index is 1200. The number of nitrogens with zero attached hydrogens (tertiary/aromatic N) is 4. The van der Waals surface area contributed by atoms with Crippen LogP contribution in [0.3, 0.4) is 0 Å². The fourth-order valence-electron chi connectivity index (χ4n) is 2.81. The summed E-state index contributed by atoms with van der Waals surface area (Å²) in [5, 5.41) is 10.1. The molecule has 0 aliphatic heterocycles. The van der Waals surface area contributed by atoms with E-state index in [1.165, 1.54) is 6.33 Å². The van der Waals surface area contributed by atoms with Crippen molar-refractivity contribution in [2.45, 2.75) is 13.2 Å². The molecule has 0 saturated heterocycles. The van der Waals surface area contributed by atoms with Crippen LogP contribution in [0.25, 0.3) is 0 Å². The van der Waals surface area contributed by atoms with E-state index in [-0.39, 0.29) is 6.61 Å². The number of rotatable bonds is 8. The Morgan fingerprint density at radius 2 is 1.59 bits per heavy atom. The minimum absolute atomic E-state index is 0.246. The van der Waals surface area contributed by atoms with Gasteiger partial charge < -0.3 is 9.57 Å². The first-order valence-corrected chi connectivity index (χ1v) is 10.7. The molecule has 0 N–H and O–H groups in total. The molecular formula is C23H17Cl3N4O2. The predicted octanol–water partition coefficient (Wildman–Crippen LogP) is 6.65. The molecule has 0 saturated carbocycles. The van der Waals surface area contributed by atoms with Crippen LogP contribution in [0.5, 0.6) is 11.5 Å². The molecular weight excluding hydrogens is 471 g/mol. The first-order chi connectivity index (χ1) is 15.6. The summed E-state index contributed by atoms with van der Waals surface area (Å²) in [5.41, 5.74) is 2.39. The Labute approximate surface area is 200 Å². The Balaban J connectivity index is 1.49. The molecule has 0 unspecified atom stereocenters. The van der Waals surface area contributed by atoms with Gasteiger partial charge in [0.2, 0.25) is 0 Å². The zero-order valence-corrected chi connectivity index (χ0v) is 18.9. The number of benzene rings is 3. The summed E-state index contributed by atoms with van der Waals surface area (Å²) in [5.74, 6) is 1.39. The zero-order chi connectivity index (χ0) is 22.3. The second-order valence-corrected chi connectivity index (χ2v) is 7.98. The summed E-state index contributed by atoms with van der Waals surface area (Å²) >= 11 is 17.9. The smallest absolute Gasteiger partial charge is 0.142 e. The maximum absolute atomic E-state index is 6.07. The number of ether oxygens (including phenoxy) is 1. The van der Waals surface area contributed by atoms with Gasteiger partial charge in [-0.25, -0.2) is 9.67 Å². The van der Waals surface area contributed by atoms with Crippen LogP contribution >= 0.6 is 34.8 Å². The molecule has 162 valence electrons. The molecule has 0 spiro atoms. The highest BCUT2D eigenvalue weighted by molar-refractivity contribution is 6.42. The van der Waals surface area contributed by atoms with Gasteiger partial charge in [0.1, 0.15) is 36.5 Å². The normalized spacial score (nSPS) is 11.4. The summed E-state index contributed by atoms with van der Waals surface area (Å²) in [4.78, 5) is 9.58. The quantitative estimate of drug-likeness (QED) is 0.206. The second kappa shape index (κ2) is 10.5. The predicted molar refractivity (Wildman–Crippen MR) is 126 cm³/mol. The highest BCUT2D eigenvalue weighted by Crippen LogP contribution is 2.24. The largest absolute Gasteiger partial charge is 0.457 e. The Morgan fingerprint density at radius 3 is 2.25 bits per heavy atom. The molecule has 0 aliphatic carbocycles. The van der Waals surface area contributed by atoms with Crippen molar-refractivity contribution in [3.05, 3.63) is 106 Å². The van der Waals surface area contributed by atoms with Gasteiger partial charge in [-0.15, -0.1) is 0 Å². The average Bonchev–Trinajstić information content (AvgIpc) is 3.31. The lowest BCUT2D eigenvalue weighted by molar-refractivity contribution is 0.130. The summed E-state index contributed by atoms with van der Waals surface area (Å²) in [6.07, 6.45) is 3.09.